The smallest absolute Gasteiger partial charge is 0.462 e. The Labute approximate surface area is 594 Å². The maximum absolute atomic E-state index is 13.1. The molecule has 0 aromatic rings. The van der Waals surface area contributed by atoms with E-state index in [9.17, 15) is 43.2 Å². The normalized spacial score (nSPS) is 14.3. The van der Waals surface area contributed by atoms with Gasteiger partial charge in [-0.05, 0) is 43.4 Å². The van der Waals surface area contributed by atoms with Gasteiger partial charge in [-0.2, -0.15) is 0 Å². The molecular formula is C78H152O17P2. The van der Waals surface area contributed by atoms with E-state index in [1.807, 2.05) is 0 Å². The van der Waals surface area contributed by atoms with Gasteiger partial charge in [-0.3, -0.25) is 37.3 Å². The molecule has 0 saturated carbocycles. The molecular weight excluding hydrogens is 1270 g/mol. The highest BCUT2D eigenvalue weighted by Gasteiger charge is 2.30. The Kier molecular flexibility index (Phi) is 67.1. The third kappa shape index (κ3) is 70.9. The minimum absolute atomic E-state index is 0.104. The van der Waals surface area contributed by atoms with E-state index in [0.29, 0.717) is 25.7 Å². The summed E-state index contributed by atoms with van der Waals surface area (Å²) in [7, 11) is -9.91. The van der Waals surface area contributed by atoms with Crippen LogP contribution in [0.1, 0.15) is 402 Å². The minimum atomic E-state index is -4.96. The largest absolute Gasteiger partial charge is 0.472 e. The molecule has 3 N–H and O–H groups in total. The molecule has 3 unspecified atom stereocenters. The van der Waals surface area contributed by atoms with Crippen LogP contribution in [-0.2, 0) is 65.4 Å². The lowest BCUT2D eigenvalue weighted by atomic mass is 9.99. The van der Waals surface area contributed by atoms with E-state index in [0.717, 1.165) is 108 Å². The van der Waals surface area contributed by atoms with Crippen LogP contribution in [0.4, 0.5) is 0 Å². The first-order valence-corrected chi connectivity index (χ1v) is 43.4. The van der Waals surface area contributed by atoms with Crippen LogP contribution in [0.3, 0.4) is 0 Å². The first-order chi connectivity index (χ1) is 46.8. The lowest BCUT2D eigenvalue weighted by Crippen LogP contribution is -2.30. The van der Waals surface area contributed by atoms with Crippen LogP contribution in [0.25, 0.3) is 0 Å². The van der Waals surface area contributed by atoms with Crippen molar-refractivity contribution < 1.29 is 80.2 Å². The summed E-state index contributed by atoms with van der Waals surface area (Å²) < 4.78 is 68.6. The fourth-order valence-corrected chi connectivity index (χ4v) is 13.5. The van der Waals surface area contributed by atoms with Gasteiger partial charge in [-0.1, -0.05) is 350 Å². The molecule has 0 aliphatic carbocycles. The first-order valence-electron chi connectivity index (χ1n) is 40.4. The number of rotatable bonds is 76. The zero-order valence-electron chi connectivity index (χ0n) is 63.5. The number of aliphatic hydroxyl groups is 1. The van der Waals surface area contributed by atoms with E-state index in [1.165, 1.54) is 212 Å². The van der Waals surface area contributed by atoms with Gasteiger partial charge in [0, 0.05) is 25.7 Å². The Hall–Kier alpha value is -1.94. The van der Waals surface area contributed by atoms with Gasteiger partial charge in [-0.25, -0.2) is 9.13 Å². The van der Waals surface area contributed by atoms with Crippen LogP contribution >= 0.6 is 15.6 Å². The number of hydrogen-bond donors (Lipinski definition) is 3. The standard InChI is InChI=1S/C78H152O17P2/c1-8-10-11-12-13-14-15-16-17-18-19-20-21-22-23-24-25-26-29-40-47-54-61-77(82)94-73(65-88-75(80)59-52-45-38-30-27-28-35-42-49-56-69(3)4)67-92-96(84,85)90-63-72(79)64-91-97(86,87)93-68-74(66-89-76(81)60-53-46-39-33-31-36-43-50-57-70(5)6)95-78(83)62-55-48-41-34-32-37-44-51-58-71(7)9-2/h69-74,79H,8-68H2,1-7H3,(H,84,85)(H,86,87)/t71?,72-,73-,74-/m1/s1. The van der Waals surface area contributed by atoms with Gasteiger partial charge >= 0.3 is 39.5 Å². The molecule has 0 bridgehead atoms. The molecule has 576 valence electrons. The van der Waals surface area contributed by atoms with Gasteiger partial charge in [0.1, 0.15) is 19.3 Å². The van der Waals surface area contributed by atoms with Gasteiger partial charge in [0.05, 0.1) is 26.4 Å². The van der Waals surface area contributed by atoms with Crippen LogP contribution in [0, 0.1) is 17.8 Å². The number of aliphatic hydroxyl groups excluding tert-OH is 1. The maximum atomic E-state index is 13.1. The Balaban J connectivity index is 5.19. The van der Waals surface area contributed by atoms with Gasteiger partial charge in [0.25, 0.3) is 0 Å². The Morgan fingerprint density at radius 3 is 0.784 bits per heavy atom. The molecule has 0 amide bonds. The van der Waals surface area contributed by atoms with Crippen LogP contribution < -0.4 is 0 Å². The molecule has 19 heteroatoms. The van der Waals surface area contributed by atoms with Crippen molar-refractivity contribution in [3.05, 3.63) is 0 Å². The van der Waals surface area contributed by atoms with Crippen molar-refractivity contribution in [1.82, 2.24) is 0 Å². The highest BCUT2D eigenvalue weighted by molar-refractivity contribution is 7.47. The third-order valence-corrected chi connectivity index (χ3v) is 20.4. The monoisotopic (exact) mass is 1420 g/mol. The molecule has 17 nitrogen and oxygen atoms in total. The molecule has 97 heavy (non-hydrogen) atoms. The highest BCUT2D eigenvalue weighted by Crippen LogP contribution is 2.45. The number of phosphoric acid groups is 2. The summed E-state index contributed by atoms with van der Waals surface area (Å²) in [6.07, 6.45) is 55.7. The van der Waals surface area contributed by atoms with Gasteiger partial charge in [-0.15, -0.1) is 0 Å². The zero-order valence-corrected chi connectivity index (χ0v) is 65.3. The van der Waals surface area contributed by atoms with Gasteiger partial charge in [0.2, 0.25) is 0 Å². The Morgan fingerprint density at radius 2 is 0.526 bits per heavy atom. The predicted octanol–water partition coefficient (Wildman–Crippen LogP) is 23.0. The third-order valence-electron chi connectivity index (χ3n) is 18.5. The second-order valence-electron chi connectivity index (χ2n) is 29.3. The lowest BCUT2D eigenvalue weighted by Gasteiger charge is -2.21. The highest BCUT2D eigenvalue weighted by atomic mass is 31.2. The summed E-state index contributed by atoms with van der Waals surface area (Å²) in [6.45, 7) is 11.8. The summed E-state index contributed by atoms with van der Waals surface area (Å²) in [5.74, 6) is 0.120. The number of carbonyl (C=O) groups is 4. The molecule has 0 heterocycles. The summed E-state index contributed by atoms with van der Waals surface area (Å²) in [4.78, 5) is 72.8. The Bertz CT molecular complexity index is 1890. The predicted molar refractivity (Wildman–Crippen MR) is 395 cm³/mol. The van der Waals surface area contributed by atoms with E-state index in [2.05, 4.69) is 48.5 Å². The van der Waals surface area contributed by atoms with Crippen LogP contribution in [0.15, 0.2) is 0 Å². The zero-order chi connectivity index (χ0) is 71.6. The van der Waals surface area contributed by atoms with E-state index in [4.69, 9.17) is 37.0 Å². The van der Waals surface area contributed by atoms with Crippen molar-refractivity contribution in [3.8, 4) is 0 Å². The molecule has 0 spiro atoms. The number of unbranched alkanes of at least 4 members (excludes halogenated alkanes) is 43. The van der Waals surface area contributed by atoms with Crippen molar-refractivity contribution in [3.63, 3.8) is 0 Å². The average molecular weight is 1420 g/mol. The van der Waals surface area contributed by atoms with Crippen molar-refractivity contribution >= 4 is 39.5 Å². The topological polar surface area (TPSA) is 237 Å². The molecule has 0 aliphatic heterocycles. The molecule has 0 radical (unpaired) electrons. The van der Waals surface area contributed by atoms with E-state index in [1.54, 1.807) is 0 Å². The summed E-state index contributed by atoms with van der Waals surface area (Å²) in [6, 6.07) is 0. The van der Waals surface area contributed by atoms with E-state index < -0.39 is 97.5 Å². The Morgan fingerprint density at radius 1 is 0.299 bits per heavy atom. The van der Waals surface area contributed by atoms with E-state index in [-0.39, 0.29) is 25.7 Å². The molecule has 0 saturated heterocycles. The van der Waals surface area contributed by atoms with Crippen LogP contribution in [0.5, 0.6) is 0 Å². The summed E-state index contributed by atoms with van der Waals surface area (Å²) in [5, 5.41) is 10.6. The van der Waals surface area contributed by atoms with E-state index >= 15 is 0 Å². The molecule has 0 aliphatic rings. The van der Waals surface area contributed by atoms with Gasteiger partial charge in [0.15, 0.2) is 12.2 Å². The maximum Gasteiger partial charge on any atom is 0.472 e. The number of phosphoric ester groups is 2. The van der Waals surface area contributed by atoms with Crippen LogP contribution in [0.2, 0.25) is 0 Å². The van der Waals surface area contributed by atoms with Crippen LogP contribution in [-0.4, -0.2) is 96.7 Å². The minimum Gasteiger partial charge on any atom is -0.462 e. The quantitative estimate of drug-likeness (QED) is 0.0222. The first kappa shape index (κ1) is 95.1. The SMILES string of the molecule is CCCCCCCCCCCCCCCCCCCCCCCCC(=O)O[C@H](COC(=O)CCCCCCCCCCCC(C)C)COP(=O)(O)OC[C@@H](O)COP(=O)(O)OC[C@@H](COC(=O)CCCCCCCCCCC(C)C)OC(=O)CCCCCCCCCCC(C)CC. The molecule has 0 aromatic heterocycles. The van der Waals surface area contributed by atoms with Crippen molar-refractivity contribution in [2.75, 3.05) is 39.6 Å². The van der Waals surface area contributed by atoms with Crippen molar-refractivity contribution in [2.45, 2.75) is 420 Å². The summed E-state index contributed by atoms with van der Waals surface area (Å²) in [5.41, 5.74) is 0. The summed E-state index contributed by atoms with van der Waals surface area (Å²) >= 11 is 0. The second-order valence-corrected chi connectivity index (χ2v) is 32.2. The fraction of sp³-hybridized carbons (Fsp3) is 0.949. The fourth-order valence-electron chi connectivity index (χ4n) is 11.9. The number of ether oxygens (including phenoxy) is 4. The number of hydrogen-bond acceptors (Lipinski definition) is 15. The number of esters is 4. The molecule has 0 rings (SSSR count). The lowest BCUT2D eigenvalue weighted by molar-refractivity contribution is -0.161. The van der Waals surface area contributed by atoms with Gasteiger partial charge < -0.3 is 33.8 Å². The molecule has 0 fully saturated rings. The molecule has 6 atom stereocenters. The van der Waals surface area contributed by atoms with Crippen molar-refractivity contribution in [1.29, 1.82) is 0 Å². The molecule has 0 aromatic carbocycles. The average Bonchev–Trinajstić information content (AvgIpc) is 2.47. The number of carbonyl (C=O) groups excluding carboxylic acids is 4. The van der Waals surface area contributed by atoms with Crippen molar-refractivity contribution in [2.24, 2.45) is 17.8 Å². The second kappa shape index (κ2) is 68.5.